The van der Waals surface area contributed by atoms with Crippen molar-refractivity contribution in [3.05, 3.63) is 66.2 Å². The van der Waals surface area contributed by atoms with Crippen LogP contribution in [0, 0.1) is 5.82 Å². The van der Waals surface area contributed by atoms with Gasteiger partial charge >= 0.3 is 0 Å². The van der Waals surface area contributed by atoms with Crippen LogP contribution in [0.25, 0.3) is 5.69 Å². The molecule has 1 aromatic heterocycles. The average Bonchev–Trinajstić information content (AvgIpc) is 3.18. The Kier molecular flexibility index (Phi) is 5.66. The predicted molar refractivity (Wildman–Crippen MR) is 105 cm³/mol. The van der Waals surface area contributed by atoms with E-state index in [0.29, 0.717) is 5.69 Å². The Morgan fingerprint density at radius 2 is 1.83 bits per heavy atom. The monoisotopic (exact) mass is 418 g/mol. The second-order valence-electron chi connectivity index (χ2n) is 6.23. The van der Waals surface area contributed by atoms with E-state index in [0.717, 1.165) is 4.31 Å². The lowest BCUT2D eigenvalue weighted by atomic mass is 10.3. The highest BCUT2D eigenvalue weighted by Gasteiger charge is 2.23. The number of rotatable bonds is 6. The SMILES string of the molecule is COc1ccc(NC(=O)c2ccn(-c3ccc(F)cc3)n2)cc1S(=O)(=O)N(C)C. The number of aromatic nitrogens is 2. The molecule has 1 heterocycles. The van der Waals surface area contributed by atoms with E-state index in [2.05, 4.69) is 10.4 Å². The molecule has 0 radical (unpaired) electrons. The lowest BCUT2D eigenvalue weighted by molar-refractivity contribution is 0.102. The number of sulfonamides is 1. The van der Waals surface area contributed by atoms with Gasteiger partial charge in [0.05, 0.1) is 12.8 Å². The summed E-state index contributed by atoms with van der Waals surface area (Å²) in [6, 6.07) is 11.5. The van der Waals surface area contributed by atoms with Crippen LogP contribution in [0.4, 0.5) is 10.1 Å². The first-order valence-corrected chi connectivity index (χ1v) is 9.90. The first-order chi connectivity index (χ1) is 13.7. The molecule has 0 unspecified atom stereocenters. The van der Waals surface area contributed by atoms with Gasteiger partial charge in [0.25, 0.3) is 5.91 Å². The minimum atomic E-state index is -3.77. The summed E-state index contributed by atoms with van der Waals surface area (Å²) in [4.78, 5) is 12.5. The molecule has 0 saturated carbocycles. The van der Waals surface area contributed by atoms with Crippen molar-refractivity contribution < 1.29 is 22.3 Å². The van der Waals surface area contributed by atoms with E-state index in [4.69, 9.17) is 4.74 Å². The zero-order valence-electron chi connectivity index (χ0n) is 16.0. The van der Waals surface area contributed by atoms with Crippen molar-refractivity contribution in [3.63, 3.8) is 0 Å². The van der Waals surface area contributed by atoms with Crippen LogP contribution in [-0.4, -0.2) is 49.6 Å². The number of amides is 1. The van der Waals surface area contributed by atoms with Gasteiger partial charge in [-0.25, -0.2) is 21.8 Å². The third-order valence-corrected chi connectivity index (χ3v) is 5.93. The molecule has 10 heteroatoms. The Morgan fingerprint density at radius 1 is 1.14 bits per heavy atom. The largest absolute Gasteiger partial charge is 0.495 e. The second-order valence-corrected chi connectivity index (χ2v) is 8.35. The number of ether oxygens (including phenoxy) is 1. The maximum absolute atomic E-state index is 13.1. The molecule has 0 aliphatic carbocycles. The van der Waals surface area contributed by atoms with Crippen molar-refractivity contribution in [1.29, 1.82) is 0 Å². The molecule has 0 spiro atoms. The summed E-state index contributed by atoms with van der Waals surface area (Å²) in [5.74, 6) is -0.733. The molecule has 2 aromatic carbocycles. The normalized spacial score (nSPS) is 11.5. The summed E-state index contributed by atoms with van der Waals surface area (Å²) in [7, 11) is 0.404. The van der Waals surface area contributed by atoms with Crippen LogP contribution >= 0.6 is 0 Å². The van der Waals surface area contributed by atoms with Gasteiger partial charge in [0.15, 0.2) is 5.69 Å². The molecular weight excluding hydrogens is 399 g/mol. The van der Waals surface area contributed by atoms with Crippen LogP contribution in [0.5, 0.6) is 5.75 Å². The second kappa shape index (κ2) is 8.02. The van der Waals surface area contributed by atoms with Crippen molar-refractivity contribution >= 4 is 21.6 Å². The van der Waals surface area contributed by atoms with Crippen LogP contribution in [0.3, 0.4) is 0 Å². The number of benzene rings is 2. The van der Waals surface area contributed by atoms with Crippen LogP contribution in [0.2, 0.25) is 0 Å². The minimum Gasteiger partial charge on any atom is -0.495 e. The molecule has 0 aliphatic rings. The van der Waals surface area contributed by atoms with E-state index in [1.54, 1.807) is 6.20 Å². The fourth-order valence-corrected chi connectivity index (χ4v) is 3.61. The molecule has 0 aliphatic heterocycles. The summed E-state index contributed by atoms with van der Waals surface area (Å²) in [5, 5.41) is 6.79. The fourth-order valence-electron chi connectivity index (χ4n) is 2.53. The van der Waals surface area contributed by atoms with E-state index < -0.39 is 15.9 Å². The van der Waals surface area contributed by atoms with E-state index >= 15 is 0 Å². The Balaban J connectivity index is 1.85. The number of methoxy groups -OCH3 is 1. The van der Waals surface area contributed by atoms with Gasteiger partial charge in [-0.15, -0.1) is 0 Å². The number of halogens is 1. The van der Waals surface area contributed by atoms with E-state index in [1.165, 1.54) is 74.4 Å². The molecule has 1 N–H and O–H groups in total. The van der Waals surface area contributed by atoms with Crippen molar-refractivity contribution in [2.45, 2.75) is 4.90 Å². The summed E-state index contributed by atoms with van der Waals surface area (Å²) < 4.78 is 45.7. The van der Waals surface area contributed by atoms with Crippen LogP contribution in [0.1, 0.15) is 10.5 Å². The summed E-state index contributed by atoms with van der Waals surface area (Å²) in [6.45, 7) is 0. The predicted octanol–water partition coefficient (Wildman–Crippen LogP) is 2.52. The van der Waals surface area contributed by atoms with Crippen LogP contribution in [-0.2, 0) is 10.0 Å². The number of hydrogen-bond donors (Lipinski definition) is 1. The molecular formula is C19H19FN4O4S. The Hall–Kier alpha value is -3.24. The zero-order valence-corrected chi connectivity index (χ0v) is 16.8. The summed E-state index contributed by atoms with van der Waals surface area (Å²) in [6.07, 6.45) is 1.57. The Morgan fingerprint density at radius 3 is 2.45 bits per heavy atom. The molecule has 29 heavy (non-hydrogen) atoms. The number of nitrogens with zero attached hydrogens (tertiary/aromatic N) is 3. The first kappa shape index (κ1) is 20.5. The Labute approximate surface area is 167 Å². The average molecular weight is 418 g/mol. The Bertz CT molecular complexity index is 1140. The van der Waals surface area contributed by atoms with Crippen molar-refractivity contribution in [1.82, 2.24) is 14.1 Å². The maximum Gasteiger partial charge on any atom is 0.276 e. The maximum atomic E-state index is 13.1. The third kappa shape index (κ3) is 4.28. The van der Waals surface area contributed by atoms with Gasteiger partial charge in [-0.05, 0) is 48.5 Å². The van der Waals surface area contributed by atoms with Crippen molar-refractivity contribution in [3.8, 4) is 11.4 Å². The minimum absolute atomic E-state index is 0.0698. The van der Waals surface area contributed by atoms with Gasteiger partial charge in [0, 0.05) is 26.0 Å². The summed E-state index contributed by atoms with van der Waals surface area (Å²) >= 11 is 0. The molecule has 0 saturated heterocycles. The van der Waals surface area contributed by atoms with Gasteiger partial charge in [-0.3, -0.25) is 4.79 Å². The highest BCUT2D eigenvalue weighted by Crippen LogP contribution is 2.29. The molecule has 8 nitrogen and oxygen atoms in total. The fraction of sp³-hybridized carbons (Fsp3) is 0.158. The highest BCUT2D eigenvalue weighted by atomic mass is 32.2. The zero-order chi connectivity index (χ0) is 21.2. The van der Waals surface area contributed by atoms with Crippen LogP contribution in [0.15, 0.2) is 59.6 Å². The van der Waals surface area contributed by atoms with Gasteiger partial charge in [0.1, 0.15) is 16.5 Å². The number of anilines is 1. The lowest BCUT2D eigenvalue weighted by Crippen LogP contribution is -2.23. The molecule has 0 fully saturated rings. The van der Waals surface area contributed by atoms with E-state index in [1.807, 2.05) is 0 Å². The molecule has 0 bridgehead atoms. The first-order valence-electron chi connectivity index (χ1n) is 8.46. The molecule has 0 atom stereocenters. The van der Waals surface area contributed by atoms with E-state index in [-0.39, 0.29) is 27.8 Å². The van der Waals surface area contributed by atoms with Gasteiger partial charge in [-0.1, -0.05) is 0 Å². The molecule has 1 amide bonds. The standard InChI is InChI=1S/C19H19FN4O4S/c1-23(2)29(26,27)18-12-14(6-9-17(18)28-3)21-19(25)16-10-11-24(22-16)15-7-4-13(20)5-8-15/h4-12H,1-3H3,(H,21,25). The van der Waals surface area contributed by atoms with Crippen molar-refractivity contribution in [2.24, 2.45) is 0 Å². The smallest absolute Gasteiger partial charge is 0.276 e. The third-order valence-electron chi connectivity index (χ3n) is 4.09. The van der Waals surface area contributed by atoms with Crippen LogP contribution < -0.4 is 10.1 Å². The van der Waals surface area contributed by atoms with Gasteiger partial charge in [-0.2, -0.15) is 5.10 Å². The molecule has 3 aromatic rings. The topological polar surface area (TPSA) is 93.5 Å². The highest BCUT2D eigenvalue weighted by molar-refractivity contribution is 7.89. The number of hydrogen-bond acceptors (Lipinski definition) is 5. The number of nitrogens with one attached hydrogen (secondary N) is 1. The summed E-state index contributed by atoms with van der Waals surface area (Å²) in [5.41, 5.74) is 0.976. The lowest BCUT2D eigenvalue weighted by Gasteiger charge is -2.15. The number of carbonyl (C=O) groups excluding carboxylic acids is 1. The van der Waals surface area contributed by atoms with E-state index in [9.17, 15) is 17.6 Å². The van der Waals surface area contributed by atoms with Crippen molar-refractivity contribution in [2.75, 3.05) is 26.5 Å². The van der Waals surface area contributed by atoms with Gasteiger partial charge in [0.2, 0.25) is 10.0 Å². The molecule has 3 rings (SSSR count). The number of carbonyl (C=O) groups is 1. The van der Waals surface area contributed by atoms with Gasteiger partial charge < -0.3 is 10.1 Å². The quantitative estimate of drug-likeness (QED) is 0.664. The molecule has 152 valence electrons.